The quantitative estimate of drug-likeness (QED) is 0.603. The standard InChI is InChI=1S/C21H21N3O3/c22-16-5-1-4-15(10-16)21-23-11-18(24-21)14-7-8-17-13(9-14)3-2-6-19(17)27-12-20(25)26/h1-6,10-11,14H,7-9,12,22H2,(H,23,24)(H,25,26). The van der Waals surface area contributed by atoms with Crippen molar-refractivity contribution in [2.75, 3.05) is 12.3 Å². The molecular formula is C21H21N3O3. The van der Waals surface area contributed by atoms with Crippen LogP contribution in [0.25, 0.3) is 11.4 Å². The van der Waals surface area contributed by atoms with Gasteiger partial charge in [0.2, 0.25) is 0 Å². The lowest BCUT2D eigenvalue weighted by Gasteiger charge is -2.25. The highest BCUT2D eigenvalue weighted by Gasteiger charge is 2.24. The van der Waals surface area contributed by atoms with Crippen LogP contribution in [0, 0.1) is 0 Å². The van der Waals surface area contributed by atoms with Crippen molar-refractivity contribution in [2.45, 2.75) is 25.2 Å². The van der Waals surface area contributed by atoms with Gasteiger partial charge in [-0.25, -0.2) is 9.78 Å². The number of carboxylic acid groups (broad SMARTS) is 1. The molecule has 0 saturated carbocycles. The van der Waals surface area contributed by atoms with Gasteiger partial charge in [0.25, 0.3) is 0 Å². The summed E-state index contributed by atoms with van der Waals surface area (Å²) in [4.78, 5) is 18.7. The maximum absolute atomic E-state index is 10.8. The molecule has 6 heteroatoms. The van der Waals surface area contributed by atoms with E-state index in [1.807, 2.05) is 42.6 Å². The Labute approximate surface area is 157 Å². The molecule has 0 spiro atoms. The SMILES string of the molecule is Nc1cccc(-c2ncc(C3CCc4c(cccc4OCC(=O)O)C3)[nH]2)c1. The van der Waals surface area contributed by atoms with Gasteiger partial charge in [-0.15, -0.1) is 0 Å². The van der Waals surface area contributed by atoms with Crippen molar-refractivity contribution in [3.05, 3.63) is 65.5 Å². The normalized spacial score (nSPS) is 15.9. The molecule has 0 amide bonds. The number of nitrogens with two attached hydrogens (primary N) is 1. The molecule has 27 heavy (non-hydrogen) atoms. The number of carboxylic acids is 1. The van der Waals surface area contributed by atoms with Crippen molar-refractivity contribution >= 4 is 11.7 Å². The molecule has 1 aliphatic rings. The maximum Gasteiger partial charge on any atom is 0.341 e. The number of anilines is 1. The minimum absolute atomic E-state index is 0.315. The second kappa shape index (κ2) is 7.15. The van der Waals surface area contributed by atoms with Crippen LogP contribution in [-0.2, 0) is 17.6 Å². The van der Waals surface area contributed by atoms with E-state index >= 15 is 0 Å². The molecule has 3 aromatic rings. The predicted octanol–water partition coefficient (Wildman–Crippen LogP) is 3.39. The number of nitrogens with one attached hydrogen (secondary N) is 1. The molecule has 6 nitrogen and oxygen atoms in total. The molecule has 4 rings (SSSR count). The number of nitrogen functional groups attached to an aromatic ring is 1. The fourth-order valence-electron chi connectivity index (χ4n) is 3.69. The van der Waals surface area contributed by atoms with Crippen LogP contribution in [-0.4, -0.2) is 27.7 Å². The van der Waals surface area contributed by atoms with Crippen LogP contribution >= 0.6 is 0 Å². The maximum atomic E-state index is 10.8. The number of rotatable bonds is 5. The van der Waals surface area contributed by atoms with Crippen molar-refractivity contribution in [3.63, 3.8) is 0 Å². The van der Waals surface area contributed by atoms with E-state index in [-0.39, 0.29) is 6.61 Å². The molecule has 1 aliphatic carbocycles. The second-order valence-corrected chi connectivity index (χ2v) is 6.83. The second-order valence-electron chi connectivity index (χ2n) is 6.83. The van der Waals surface area contributed by atoms with Gasteiger partial charge in [-0.1, -0.05) is 24.3 Å². The number of fused-ring (bicyclic) bond motifs is 1. The van der Waals surface area contributed by atoms with Crippen LogP contribution < -0.4 is 10.5 Å². The highest BCUT2D eigenvalue weighted by atomic mass is 16.5. The van der Waals surface area contributed by atoms with E-state index in [0.717, 1.165) is 41.9 Å². The molecule has 0 bridgehead atoms. The summed E-state index contributed by atoms with van der Waals surface area (Å²) in [5.41, 5.74) is 11.0. The van der Waals surface area contributed by atoms with E-state index in [1.165, 1.54) is 5.56 Å². The van der Waals surface area contributed by atoms with Crippen molar-refractivity contribution in [2.24, 2.45) is 0 Å². The molecule has 0 aliphatic heterocycles. The number of H-pyrrole nitrogens is 1. The zero-order valence-corrected chi connectivity index (χ0v) is 14.8. The van der Waals surface area contributed by atoms with Gasteiger partial charge in [0.15, 0.2) is 6.61 Å². The summed E-state index contributed by atoms with van der Waals surface area (Å²) < 4.78 is 5.45. The number of hydrogen-bond acceptors (Lipinski definition) is 4. The van der Waals surface area contributed by atoms with Crippen molar-refractivity contribution in [1.29, 1.82) is 0 Å². The third-order valence-electron chi connectivity index (χ3n) is 4.99. The van der Waals surface area contributed by atoms with Gasteiger partial charge in [0.1, 0.15) is 11.6 Å². The van der Waals surface area contributed by atoms with Gasteiger partial charge in [-0.3, -0.25) is 0 Å². The van der Waals surface area contributed by atoms with E-state index in [1.54, 1.807) is 0 Å². The molecule has 1 heterocycles. The van der Waals surface area contributed by atoms with Gasteiger partial charge in [0, 0.05) is 29.1 Å². The molecule has 1 aromatic heterocycles. The molecule has 1 unspecified atom stereocenters. The Morgan fingerprint density at radius 2 is 2.15 bits per heavy atom. The largest absolute Gasteiger partial charge is 0.482 e. The van der Waals surface area contributed by atoms with Gasteiger partial charge < -0.3 is 20.6 Å². The van der Waals surface area contributed by atoms with Crippen LogP contribution in [0.15, 0.2) is 48.7 Å². The fourth-order valence-corrected chi connectivity index (χ4v) is 3.69. The first kappa shape index (κ1) is 17.1. The smallest absolute Gasteiger partial charge is 0.341 e. The summed E-state index contributed by atoms with van der Waals surface area (Å²) in [7, 11) is 0. The Kier molecular flexibility index (Phi) is 4.54. The van der Waals surface area contributed by atoms with Gasteiger partial charge in [-0.2, -0.15) is 0 Å². The first-order valence-corrected chi connectivity index (χ1v) is 8.96. The third-order valence-corrected chi connectivity index (χ3v) is 4.99. The average molecular weight is 363 g/mol. The number of nitrogens with zero attached hydrogens (tertiary/aromatic N) is 1. The Hall–Kier alpha value is -3.28. The number of benzene rings is 2. The number of aliphatic carboxylic acids is 1. The minimum atomic E-state index is -0.965. The highest BCUT2D eigenvalue weighted by molar-refractivity contribution is 5.68. The molecule has 0 fully saturated rings. The summed E-state index contributed by atoms with van der Waals surface area (Å²) in [6.07, 6.45) is 4.58. The highest BCUT2D eigenvalue weighted by Crippen LogP contribution is 2.36. The van der Waals surface area contributed by atoms with E-state index in [0.29, 0.717) is 17.4 Å². The molecule has 0 radical (unpaired) electrons. The lowest BCUT2D eigenvalue weighted by atomic mass is 9.82. The first-order chi connectivity index (χ1) is 13.1. The lowest BCUT2D eigenvalue weighted by Crippen LogP contribution is -2.16. The zero-order chi connectivity index (χ0) is 18.8. The van der Waals surface area contributed by atoms with Crippen molar-refractivity contribution in [3.8, 4) is 17.1 Å². The zero-order valence-electron chi connectivity index (χ0n) is 14.8. The molecule has 2 aromatic carbocycles. The van der Waals surface area contributed by atoms with Crippen LogP contribution in [0.3, 0.4) is 0 Å². The Morgan fingerprint density at radius 3 is 2.96 bits per heavy atom. The third kappa shape index (κ3) is 3.65. The van der Waals surface area contributed by atoms with Crippen LogP contribution in [0.5, 0.6) is 5.75 Å². The van der Waals surface area contributed by atoms with Crippen LogP contribution in [0.1, 0.15) is 29.2 Å². The van der Waals surface area contributed by atoms with Crippen LogP contribution in [0.2, 0.25) is 0 Å². The van der Waals surface area contributed by atoms with Gasteiger partial charge in [-0.05, 0) is 48.6 Å². The van der Waals surface area contributed by atoms with Crippen molar-refractivity contribution in [1.82, 2.24) is 9.97 Å². The number of imidazole rings is 1. The minimum Gasteiger partial charge on any atom is -0.482 e. The summed E-state index contributed by atoms with van der Waals surface area (Å²) in [5.74, 6) is 0.877. The Balaban J connectivity index is 1.53. The van der Waals surface area contributed by atoms with E-state index < -0.39 is 5.97 Å². The van der Waals surface area contributed by atoms with E-state index in [9.17, 15) is 4.79 Å². The van der Waals surface area contributed by atoms with E-state index in [2.05, 4.69) is 16.0 Å². The van der Waals surface area contributed by atoms with Crippen molar-refractivity contribution < 1.29 is 14.6 Å². The monoisotopic (exact) mass is 363 g/mol. The summed E-state index contributed by atoms with van der Waals surface area (Å²) in [6.45, 7) is -0.315. The van der Waals surface area contributed by atoms with Gasteiger partial charge >= 0.3 is 5.97 Å². The number of hydrogen-bond donors (Lipinski definition) is 3. The average Bonchev–Trinajstić information content (AvgIpc) is 3.16. The van der Waals surface area contributed by atoms with Crippen LogP contribution in [0.4, 0.5) is 5.69 Å². The Bertz CT molecular complexity index is 980. The predicted molar refractivity (Wildman–Crippen MR) is 103 cm³/mol. The first-order valence-electron chi connectivity index (χ1n) is 8.96. The molecule has 1 atom stereocenters. The van der Waals surface area contributed by atoms with Gasteiger partial charge in [0.05, 0.1) is 0 Å². The summed E-state index contributed by atoms with van der Waals surface area (Å²) in [6, 6.07) is 13.5. The number of aromatic nitrogens is 2. The lowest BCUT2D eigenvalue weighted by molar-refractivity contribution is -0.139. The number of ether oxygens (including phenoxy) is 1. The Morgan fingerprint density at radius 1 is 1.30 bits per heavy atom. The van der Waals surface area contributed by atoms with E-state index in [4.69, 9.17) is 15.6 Å². The molecule has 4 N–H and O–H groups in total. The fraction of sp³-hybridized carbons (Fsp3) is 0.238. The summed E-state index contributed by atoms with van der Waals surface area (Å²) >= 11 is 0. The molecule has 138 valence electrons. The molecular weight excluding hydrogens is 342 g/mol. The topological polar surface area (TPSA) is 101 Å². The summed E-state index contributed by atoms with van der Waals surface area (Å²) in [5, 5.41) is 8.84. The number of aromatic amines is 1. The number of carbonyl (C=O) groups is 1. The molecule has 0 saturated heterocycles.